The zero-order valence-electron chi connectivity index (χ0n) is 6.76. The van der Waals surface area contributed by atoms with E-state index in [2.05, 4.69) is 0 Å². The molecule has 2 heteroatoms. The maximum atomic E-state index is 10.9. The van der Waals surface area contributed by atoms with Crippen LogP contribution in [0.4, 0.5) is 0 Å². The molecule has 0 bridgehead atoms. The number of rotatable bonds is 3. The van der Waals surface area contributed by atoms with Crippen LogP contribution in [0, 0.1) is 5.92 Å². The standard InChI is InChI=1S/C8H14O2/c1-4-6-7(3)8(9)10-5-2/h4,6-7H,5H2,1-3H3/b6-4-. The van der Waals surface area contributed by atoms with E-state index in [4.69, 9.17) is 4.74 Å². The lowest BCUT2D eigenvalue weighted by Crippen LogP contribution is -2.12. The number of ether oxygens (including phenoxy) is 1. The summed E-state index contributed by atoms with van der Waals surface area (Å²) in [5.74, 6) is -0.259. The van der Waals surface area contributed by atoms with Gasteiger partial charge in [-0.25, -0.2) is 0 Å². The summed E-state index contributed by atoms with van der Waals surface area (Å²) >= 11 is 0. The predicted octanol–water partition coefficient (Wildman–Crippen LogP) is 1.76. The van der Waals surface area contributed by atoms with E-state index in [-0.39, 0.29) is 11.9 Å². The van der Waals surface area contributed by atoms with Gasteiger partial charge in [0.15, 0.2) is 0 Å². The minimum absolute atomic E-state index is 0.107. The molecule has 10 heavy (non-hydrogen) atoms. The lowest BCUT2D eigenvalue weighted by molar-refractivity contribution is -0.145. The largest absolute Gasteiger partial charge is 0.466 e. The van der Waals surface area contributed by atoms with Crippen molar-refractivity contribution in [3.05, 3.63) is 12.2 Å². The van der Waals surface area contributed by atoms with Crippen molar-refractivity contribution in [2.45, 2.75) is 20.8 Å². The normalized spacial score (nSPS) is 13.5. The first-order valence-electron chi connectivity index (χ1n) is 3.51. The van der Waals surface area contributed by atoms with Gasteiger partial charge in [0.2, 0.25) is 0 Å². The van der Waals surface area contributed by atoms with Crippen LogP contribution in [0.1, 0.15) is 20.8 Å². The van der Waals surface area contributed by atoms with Crippen LogP contribution >= 0.6 is 0 Å². The molecule has 0 heterocycles. The Morgan fingerprint density at radius 1 is 1.70 bits per heavy atom. The minimum atomic E-state index is -0.152. The van der Waals surface area contributed by atoms with Crippen molar-refractivity contribution in [3.8, 4) is 0 Å². The molecule has 0 aromatic heterocycles. The Bertz CT molecular complexity index is 127. The fourth-order valence-corrected chi connectivity index (χ4v) is 0.641. The van der Waals surface area contributed by atoms with E-state index in [9.17, 15) is 4.79 Å². The van der Waals surface area contributed by atoms with Crippen LogP contribution < -0.4 is 0 Å². The Kier molecular flexibility index (Phi) is 4.63. The zero-order valence-corrected chi connectivity index (χ0v) is 6.76. The highest BCUT2D eigenvalue weighted by Gasteiger charge is 2.08. The summed E-state index contributed by atoms with van der Waals surface area (Å²) < 4.78 is 4.77. The summed E-state index contributed by atoms with van der Waals surface area (Å²) in [4.78, 5) is 10.9. The molecule has 0 spiro atoms. The fraction of sp³-hybridized carbons (Fsp3) is 0.625. The summed E-state index contributed by atoms with van der Waals surface area (Å²) in [6.07, 6.45) is 3.67. The van der Waals surface area contributed by atoms with Crippen molar-refractivity contribution in [1.29, 1.82) is 0 Å². The summed E-state index contributed by atoms with van der Waals surface area (Å²) in [6.45, 7) is 5.97. The number of allylic oxidation sites excluding steroid dienone is 1. The van der Waals surface area contributed by atoms with Gasteiger partial charge in [-0.2, -0.15) is 0 Å². The average molecular weight is 142 g/mol. The second kappa shape index (κ2) is 5.03. The van der Waals surface area contributed by atoms with Crippen LogP contribution in [-0.4, -0.2) is 12.6 Å². The Hall–Kier alpha value is -0.790. The third-order valence-corrected chi connectivity index (χ3v) is 1.14. The van der Waals surface area contributed by atoms with Crippen LogP contribution in [0.25, 0.3) is 0 Å². The van der Waals surface area contributed by atoms with Crippen molar-refractivity contribution in [3.63, 3.8) is 0 Å². The number of hydrogen-bond donors (Lipinski definition) is 0. The molecule has 0 aliphatic heterocycles. The molecule has 0 aromatic rings. The molecule has 0 aliphatic rings. The molecule has 0 aromatic carbocycles. The molecule has 2 nitrogen and oxygen atoms in total. The van der Waals surface area contributed by atoms with Gasteiger partial charge in [-0.15, -0.1) is 0 Å². The summed E-state index contributed by atoms with van der Waals surface area (Å²) in [5, 5.41) is 0. The summed E-state index contributed by atoms with van der Waals surface area (Å²) in [7, 11) is 0. The van der Waals surface area contributed by atoms with Crippen LogP contribution in [0.5, 0.6) is 0 Å². The third-order valence-electron chi connectivity index (χ3n) is 1.14. The number of hydrogen-bond acceptors (Lipinski definition) is 2. The SMILES string of the molecule is C/C=C\C(C)C(=O)OCC. The van der Waals surface area contributed by atoms with E-state index in [0.29, 0.717) is 6.61 Å². The van der Waals surface area contributed by atoms with Crippen LogP contribution in [0.15, 0.2) is 12.2 Å². The molecule has 0 amide bonds. The average Bonchev–Trinajstić information content (AvgIpc) is 1.89. The molecule has 1 atom stereocenters. The topological polar surface area (TPSA) is 26.3 Å². The van der Waals surface area contributed by atoms with Crippen molar-refractivity contribution in [1.82, 2.24) is 0 Å². The van der Waals surface area contributed by atoms with Crippen LogP contribution in [0.3, 0.4) is 0 Å². The Morgan fingerprint density at radius 3 is 2.70 bits per heavy atom. The van der Waals surface area contributed by atoms with E-state index in [1.165, 1.54) is 0 Å². The van der Waals surface area contributed by atoms with Gasteiger partial charge in [0.05, 0.1) is 12.5 Å². The van der Waals surface area contributed by atoms with Crippen LogP contribution in [0.2, 0.25) is 0 Å². The molecule has 0 aliphatic carbocycles. The van der Waals surface area contributed by atoms with E-state index in [1.54, 1.807) is 6.92 Å². The lowest BCUT2D eigenvalue weighted by Gasteiger charge is -2.03. The first-order valence-corrected chi connectivity index (χ1v) is 3.51. The molecule has 0 radical (unpaired) electrons. The minimum Gasteiger partial charge on any atom is -0.466 e. The van der Waals surface area contributed by atoms with Crippen molar-refractivity contribution < 1.29 is 9.53 Å². The monoisotopic (exact) mass is 142 g/mol. The van der Waals surface area contributed by atoms with Gasteiger partial charge in [0, 0.05) is 0 Å². The Balaban J connectivity index is 3.70. The second-order valence-electron chi connectivity index (χ2n) is 2.07. The molecular weight excluding hydrogens is 128 g/mol. The second-order valence-corrected chi connectivity index (χ2v) is 2.07. The Morgan fingerprint density at radius 2 is 2.30 bits per heavy atom. The highest BCUT2D eigenvalue weighted by Crippen LogP contribution is 1.99. The third kappa shape index (κ3) is 3.28. The zero-order chi connectivity index (χ0) is 7.98. The molecule has 58 valence electrons. The smallest absolute Gasteiger partial charge is 0.312 e. The van der Waals surface area contributed by atoms with Gasteiger partial charge in [0.25, 0.3) is 0 Å². The first-order chi connectivity index (χ1) is 4.72. The fourth-order valence-electron chi connectivity index (χ4n) is 0.641. The molecule has 1 unspecified atom stereocenters. The summed E-state index contributed by atoms with van der Waals surface area (Å²) in [6, 6.07) is 0. The highest BCUT2D eigenvalue weighted by molar-refractivity contribution is 5.73. The quantitative estimate of drug-likeness (QED) is 0.443. The van der Waals surface area contributed by atoms with Gasteiger partial charge in [0.1, 0.15) is 0 Å². The molecule has 0 N–H and O–H groups in total. The molecule has 0 rings (SSSR count). The van der Waals surface area contributed by atoms with E-state index < -0.39 is 0 Å². The van der Waals surface area contributed by atoms with Crippen molar-refractivity contribution >= 4 is 5.97 Å². The van der Waals surface area contributed by atoms with Gasteiger partial charge in [-0.05, 0) is 20.8 Å². The number of carbonyl (C=O) groups excluding carboxylic acids is 1. The molecule has 0 saturated carbocycles. The van der Waals surface area contributed by atoms with Crippen LogP contribution in [-0.2, 0) is 9.53 Å². The van der Waals surface area contributed by atoms with Gasteiger partial charge in [-0.3, -0.25) is 4.79 Å². The molecular formula is C8H14O2. The van der Waals surface area contributed by atoms with E-state index in [0.717, 1.165) is 0 Å². The first kappa shape index (κ1) is 9.21. The molecule has 0 saturated heterocycles. The maximum Gasteiger partial charge on any atom is 0.312 e. The number of carbonyl (C=O) groups is 1. The lowest BCUT2D eigenvalue weighted by atomic mass is 10.2. The van der Waals surface area contributed by atoms with Gasteiger partial charge >= 0.3 is 5.97 Å². The maximum absolute atomic E-state index is 10.9. The summed E-state index contributed by atoms with van der Waals surface area (Å²) in [5.41, 5.74) is 0. The van der Waals surface area contributed by atoms with Crippen molar-refractivity contribution in [2.75, 3.05) is 6.61 Å². The predicted molar refractivity (Wildman–Crippen MR) is 40.6 cm³/mol. The van der Waals surface area contributed by atoms with Gasteiger partial charge < -0.3 is 4.74 Å². The Labute approximate surface area is 61.9 Å². The van der Waals surface area contributed by atoms with E-state index in [1.807, 2.05) is 26.0 Å². The molecule has 0 fully saturated rings. The van der Waals surface area contributed by atoms with E-state index >= 15 is 0 Å². The highest BCUT2D eigenvalue weighted by atomic mass is 16.5. The van der Waals surface area contributed by atoms with Crippen molar-refractivity contribution in [2.24, 2.45) is 5.92 Å². The van der Waals surface area contributed by atoms with Gasteiger partial charge in [-0.1, -0.05) is 12.2 Å². The number of esters is 1.